The molecule has 41 heavy (non-hydrogen) atoms. The second kappa shape index (κ2) is 11.2. The minimum Gasteiger partial charge on any atom is -0.458 e. The molecule has 0 aromatic heterocycles. The van der Waals surface area contributed by atoms with Crippen molar-refractivity contribution in [1.29, 1.82) is 0 Å². The maximum atomic E-state index is 12.8. The number of hydrogen-bond donors (Lipinski definition) is 2. The van der Waals surface area contributed by atoms with Gasteiger partial charge in [-0.1, -0.05) is 61.7 Å². The number of carbonyl (C=O) groups is 2. The molecule has 2 aliphatic carbocycles. The standard InChI is InChI=1S/C36H42O4S/c1-35(2)21-32(38)33(34(39)40-35)30-13-12-26-16-27(10-11-28(26)17-30)29-9-8-25(7-4-14-37)31(18-29)36(22-41)19-23-5-3-6-24(15-23)20-36/h8-13,16-18,23-24,33,37,41H,3-7,14-15,19-22H2,1-2H3. The average Bonchev–Trinajstić information content (AvgIpc) is 2.94. The van der Waals surface area contributed by atoms with E-state index >= 15 is 0 Å². The topological polar surface area (TPSA) is 63.6 Å². The molecule has 3 atom stereocenters. The molecule has 3 fully saturated rings. The molecule has 6 rings (SSSR count). The number of ether oxygens (including phenoxy) is 1. The summed E-state index contributed by atoms with van der Waals surface area (Å²) in [6, 6.07) is 19.2. The van der Waals surface area contributed by atoms with Crippen LogP contribution in [0.5, 0.6) is 0 Å². The number of thiol groups is 1. The third-order valence-electron chi connectivity index (χ3n) is 9.90. The van der Waals surface area contributed by atoms with Gasteiger partial charge in [0, 0.05) is 18.4 Å². The molecule has 3 aromatic carbocycles. The van der Waals surface area contributed by atoms with Gasteiger partial charge in [-0.25, -0.2) is 0 Å². The first-order valence-corrected chi connectivity index (χ1v) is 16.0. The van der Waals surface area contributed by atoms with Crippen LogP contribution in [0.2, 0.25) is 0 Å². The highest BCUT2D eigenvalue weighted by Crippen LogP contribution is 2.52. The second-order valence-electron chi connectivity index (χ2n) is 13.5. The minimum absolute atomic E-state index is 0.0824. The van der Waals surface area contributed by atoms with Gasteiger partial charge in [-0.05, 0) is 114 Å². The number of hydrogen-bond acceptors (Lipinski definition) is 5. The number of Topliss-reactive ketones (excluding diaryl/α,β-unsaturated/α-hetero) is 1. The Hall–Kier alpha value is -2.63. The van der Waals surface area contributed by atoms with Crippen molar-refractivity contribution in [2.45, 2.75) is 88.6 Å². The summed E-state index contributed by atoms with van der Waals surface area (Å²) in [5.41, 5.74) is 5.18. The van der Waals surface area contributed by atoms with Crippen molar-refractivity contribution in [3.63, 3.8) is 0 Å². The number of fused-ring (bicyclic) bond motifs is 3. The summed E-state index contributed by atoms with van der Waals surface area (Å²) < 4.78 is 5.56. The fourth-order valence-electron chi connectivity index (χ4n) is 8.10. The summed E-state index contributed by atoms with van der Waals surface area (Å²) in [4.78, 5) is 25.5. The highest BCUT2D eigenvalue weighted by molar-refractivity contribution is 7.80. The van der Waals surface area contributed by atoms with E-state index in [1.807, 2.05) is 18.2 Å². The molecule has 2 saturated carbocycles. The second-order valence-corrected chi connectivity index (χ2v) is 13.8. The number of cyclic esters (lactones) is 1. The van der Waals surface area contributed by atoms with Gasteiger partial charge in [0.2, 0.25) is 0 Å². The van der Waals surface area contributed by atoms with Gasteiger partial charge >= 0.3 is 5.97 Å². The summed E-state index contributed by atoms with van der Waals surface area (Å²) in [6.45, 7) is 3.77. The normalized spacial score (nSPS) is 27.6. The monoisotopic (exact) mass is 570 g/mol. The quantitative estimate of drug-likeness (QED) is 0.175. The van der Waals surface area contributed by atoms with Crippen LogP contribution in [0, 0.1) is 11.8 Å². The van der Waals surface area contributed by atoms with Gasteiger partial charge in [0.25, 0.3) is 0 Å². The fourth-order valence-corrected chi connectivity index (χ4v) is 8.53. The number of rotatable bonds is 7. The average molecular weight is 571 g/mol. The first-order chi connectivity index (χ1) is 19.7. The first kappa shape index (κ1) is 28.5. The number of benzene rings is 3. The van der Waals surface area contributed by atoms with Gasteiger partial charge < -0.3 is 9.84 Å². The Morgan fingerprint density at radius 1 is 0.927 bits per heavy atom. The highest BCUT2D eigenvalue weighted by Gasteiger charge is 2.44. The SMILES string of the molecule is CC1(C)CC(=O)C(c2ccc3cc(-c4ccc(CCCO)c(C5(CS)CC6CCCC(C6)C5)c4)ccc3c2)C(=O)O1. The molecule has 1 N–H and O–H groups in total. The van der Waals surface area contributed by atoms with Gasteiger partial charge in [0.1, 0.15) is 11.5 Å². The van der Waals surface area contributed by atoms with Crippen molar-refractivity contribution in [3.8, 4) is 11.1 Å². The molecular weight excluding hydrogens is 528 g/mol. The number of carbonyl (C=O) groups excluding carboxylic acids is 2. The molecule has 0 radical (unpaired) electrons. The van der Waals surface area contributed by atoms with Crippen molar-refractivity contribution < 1.29 is 19.4 Å². The number of aliphatic hydroxyl groups is 1. The molecule has 5 heteroatoms. The summed E-state index contributed by atoms with van der Waals surface area (Å²) in [6.07, 6.45) is 9.72. The van der Waals surface area contributed by atoms with Gasteiger partial charge in [0.15, 0.2) is 5.78 Å². The van der Waals surface area contributed by atoms with Crippen molar-refractivity contribution in [2.75, 3.05) is 12.4 Å². The zero-order valence-electron chi connectivity index (χ0n) is 24.3. The number of aryl methyl sites for hydroxylation is 1. The first-order valence-electron chi connectivity index (χ1n) is 15.3. The Bertz CT molecular complexity index is 1440. The summed E-state index contributed by atoms with van der Waals surface area (Å²) in [5, 5.41) is 11.7. The fraction of sp³-hybridized carbons (Fsp3) is 0.500. The molecule has 0 spiro atoms. The van der Waals surface area contributed by atoms with E-state index < -0.39 is 17.5 Å². The van der Waals surface area contributed by atoms with Crippen LogP contribution in [0.1, 0.15) is 87.8 Å². The summed E-state index contributed by atoms with van der Waals surface area (Å²) >= 11 is 4.98. The van der Waals surface area contributed by atoms with E-state index in [1.54, 1.807) is 13.8 Å². The van der Waals surface area contributed by atoms with Crippen LogP contribution in [0.25, 0.3) is 21.9 Å². The maximum Gasteiger partial charge on any atom is 0.321 e. The smallest absolute Gasteiger partial charge is 0.321 e. The molecule has 4 nitrogen and oxygen atoms in total. The van der Waals surface area contributed by atoms with Crippen molar-refractivity contribution in [3.05, 3.63) is 71.3 Å². The lowest BCUT2D eigenvalue weighted by Crippen LogP contribution is -2.42. The van der Waals surface area contributed by atoms with E-state index in [-0.39, 0.29) is 24.2 Å². The lowest BCUT2D eigenvalue weighted by molar-refractivity contribution is -0.168. The Balaban J connectivity index is 1.35. The third kappa shape index (κ3) is 5.60. The summed E-state index contributed by atoms with van der Waals surface area (Å²) in [7, 11) is 0. The number of ketones is 1. The lowest BCUT2D eigenvalue weighted by Gasteiger charge is -2.48. The Morgan fingerprint density at radius 2 is 1.61 bits per heavy atom. The number of esters is 1. The van der Waals surface area contributed by atoms with E-state index in [1.165, 1.54) is 55.2 Å². The van der Waals surface area contributed by atoms with Gasteiger partial charge in [0.05, 0.1) is 0 Å². The molecule has 1 heterocycles. The van der Waals surface area contributed by atoms with Gasteiger partial charge in [-0.15, -0.1) is 0 Å². The Labute approximate surface area is 249 Å². The molecule has 1 saturated heterocycles. The molecular formula is C36H42O4S. The zero-order chi connectivity index (χ0) is 28.8. The highest BCUT2D eigenvalue weighted by atomic mass is 32.1. The summed E-state index contributed by atoms with van der Waals surface area (Å²) in [5.74, 6) is 1.04. The van der Waals surface area contributed by atoms with Crippen molar-refractivity contribution in [2.24, 2.45) is 11.8 Å². The van der Waals surface area contributed by atoms with E-state index in [9.17, 15) is 14.7 Å². The lowest BCUT2D eigenvalue weighted by atomic mass is 9.58. The van der Waals surface area contributed by atoms with Crippen LogP contribution in [0.15, 0.2) is 54.6 Å². The molecule has 1 aliphatic heterocycles. The maximum absolute atomic E-state index is 12.8. The van der Waals surface area contributed by atoms with Crippen LogP contribution in [0.3, 0.4) is 0 Å². The van der Waals surface area contributed by atoms with Crippen LogP contribution >= 0.6 is 12.6 Å². The molecule has 3 aromatic rings. The molecule has 3 unspecified atom stereocenters. The zero-order valence-corrected chi connectivity index (χ0v) is 25.2. The minimum atomic E-state index is -0.853. The molecule has 2 bridgehead atoms. The largest absolute Gasteiger partial charge is 0.458 e. The molecule has 3 aliphatic rings. The van der Waals surface area contributed by atoms with Crippen LogP contribution in [-0.2, 0) is 26.2 Å². The predicted octanol–water partition coefficient (Wildman–Crippen LogP) is 7.58. The predicted molar refractivity (Wildman–Crippen MR) is 168 cm³/mol. The van der Waals surface area contributed by atoms with Crippen molar-refractivity contribution in [1.82, 2.24) is 0 Å². The third-order valence-corrected chi connectivity index (χ3v) is 10.5. The van der Waals surface area contributed by atoms with E-state index in [0.29, 0.717) is 5.56 Å². The van der Waals surface area contributed by atoms with Crippen LogP contribution in [-0.4, -0.2) is 34.8 Å². The molecule has 216 valence electrons. The van der Waals surface area contributed by atoms with Gasteiger partial charge in [-0.2, -0.15) is 12.6 Å². The Kier molecular flexibility index (Phi) is 7.80. The van der Waals surface area contributed by atoms with Crippen LogP contribution < -0.4 is 0 Å². The van der Waals surface area contributed by atoms with Crippen molar-refractivity contribution >= 4 is 35.2 Å². The van der Waals surface area contributed by atoms with E-state index in [4.69, 9.17) is 17.4 Å². The van der Waals surface area contributed by atoms with Gasteiger partial charge in [-0.3, -0.25) is 9.59 Å². The van der Waals surface area contributed by atoms with E-state index in [2.05, 4.69) is 36.4 Å². The van der Waals surface area contributed by atoms with E-state index in [0.717, 1.165) is 46.8 Å². The number of aliphatic hydroxyl groups excluding tert-OH is 1. The molecule has 0 amide bonds. The van der Waals surface area contributed by atoms with Crippen LogP contribution in [0.4, 0.5) is 0 Å². The Morgan fingerprint density at radius 3 is 2.32 bits per heavy atom.